The second-order valence-corrected chi connectivity index (χ2v) is 9.93. The third-order valence-corrected chi connectivity index (χ3v) is 6.42. The predicted octanol–water partition coefficient (Wildman–Crippen LogP) is 3.85. The van der Waals surface area contributed by atoms with Gasteiger partial charge < -0.3 is 25.8 Å². The number of amides is 1. The van der Waals surface area contributed by atoms with Gasteiger partial charge in [0.05, 0.1) is 11.6 Å². The van der Waals surface area contributed by atoms with Crippen LogP contribution in [0.15, 0.2) is 83.7 Å². The Hall–Kier alpha value is -3.94. The van der Waals surface area contributed by atoms with Crippen molar-refractivity contribution in [3.8, 4) is 5.75 Å². The summed E-state index contributed by atoms with van der Waals surface area (Å²) in [6.45, 7) is 4.92. The van der Waals surface area contributed by atoms with Gasteiger partial charge in [-0.1, -0.05) is 48.5 Å². The topological polar surface area (TPSA) is 114 Å². The van der Waals surface area contributed by atoms with Crippen LogP contribution in [0.25, 0.3) is 10.9 Å². The second-order valence-electron chi connectivity index (χ2n) is 9.93. The lowest BCUT2D eigenvalue weighted by Crippen LogP contribution is -2.43. The molecule has 37 heavy (non-hydrogen) atoms. The molecule has 192 valence electrons. The highest BCUT2D eigenvalue weighted by molar-refractivity contribution is 5.94. The van der Waals surface area contributed by atoms with E-state index in [0.29, 0.717) is 35.0 Å². The zero-order valence-corrected chi connectivity index (χ0v) is 21.1. The fourth-order valence-corrected chi connectivity index (χ4v) is 4.49. The van der Waals surface area contributed by atoms with Crippen molar-refractivity contribution >= 4 is 16.8 Å². The SMILES string of the molecule is CC(C)(Cc1cccc(C(=O)NCCc2ccccc2)c1)NC[C@@H](O)c1ccc(O)c2[nH]c(=O)ccc12. The van der Waals surface area contributed by atoms with Crippen LogP contribution in [0.2, 0.25) is 0 Å². The molecule has 0 spiro atoms. The highest BCUT2D eigenvalue weighted by Gasteiger charge is 2.22. The number of hydrogen-bond donors (Lipinski definition) is 5. The highest BCUT2D eigenvalue weighted by atomic mass is 16.3. The molecule has 0 saturated carbocycles. The summed E-state index contributed by atoms with van der Waals surface area (Å²) in [6.07, 6.45) is 0.571. The summed E-state index contributed by atoms with van der Waals surface area (Å²) in [7, 11) is 0. The molecule has 7 nitrogen and oxygen atoms in total. The number of phenols is 1. The number of aliphatic hydroxyl groups is 1. The number of fused-ring (bicyclic) bond motifs is 1. The van der Waals surface area contributed by atoms with Crippen molar-refractivity contribution in [3.05, 3.63) is 111 Å². The van der Waals surface area contributed by atoms with E-state index in [4.69, 9.17) is 0 Å². The van der Waals surface area contributed by atoms with Gasteiger partial charge >= 0.3 is 0 Å². The van der Waals surface area contributed by atoms with Crippen molar-refractivity contribution in [2.75, 3.05) is 13.1 Å². The van der Waals surface area contributed by atoms with Crippen LogP contribution in [0.3, 0.4) is 0 Å². The summed E-state index contributed by atoms with van der Waals surface area (Å²) < 4.78 is 0. The normalized spacial score (nSPS) is 12.4. The van der Waals surface area contributed by atoms with E-state index >= 15 is 0 Å². The van der Waals surface area contributed by atoms with E-state index in [1.54, 1.807) is 12.1 Å². The minimum atomic E-state index is -0.852. The number of hydrogen-bond acceptors (Lipinski definition) is 5. The van der Waals surface area contributed by atoms with Crippen molar-refractivity contribution in [1.29, 1.82) is 0 Å². The van der Waals surface area contributed by atoms with Crippen molar-refractivity contribution in [3.63, 3.8) is 0 Å². The number of pyridine rings is 1. The molecule has 0 aliphatic heterocycles. The maximum atomic E-state index is 12.7. The van der Waals surface area contributed by atoms with Gasteiger partial charge in [-0.3, -0.25) is 9.59 Å². The van der Waals surface area contributed by atoms with Crippen LogP contribution >= 0.6 is 0 Å². The molecular weight excluding hydrogens is 466 g/mol. The lowest BCUT2D eigenvalue weighted by atomic mass is 9.93. The van der Waals surface area contributed by atoms with E-state index in [2.05, 4.69) is 15.6 Å². The Morgan fingerprint density at radius 2 is 1.73 bits per heavy atom. The number of carbonyl (C=O) groups is 1. The number of carbonyl (C=O) groups excluding carboxylic acids is 1. The molecule has 1 aromatic heterocycles. The lowest BCUT2D eigenvalue weighted by Gasteiger charge is -2.28. The molecule has 1 heterocycles. The zero-order valence-electron chi connectivity index (χ0n) is 21.1. The molecule has 0 aliphatic rings. The van der Waals surface area contributed by atoms with Crippen LogP contribution in [0, 0.1) is 0 Å². The van der Waals surface area contributed by atoms with Gasteiger partial charge in [0, 0.05) is 35.6 Å². The molecule has 1 amide bonds. The Balaban J connectivity index is 1.36. The van der Waals surface area contributed by atoms with E-state index in [-0.39, 0.29) is 29.3 Å². The largest absolute Gasteiger partial charge is 0.506 e. The smallest absolute Gasteiger partial charge is 0.251 e. The number of H-pyrrole nitrogens is 1. The number of benzene rings is 3. The molecule has 0 fully saturated rings. The number of nitrogens with one attached hydrogen (secondary N) is 3. The quantitative estimate of drug-likeness (QED) is 0.227. The molecular formula is C30H33N3O4. The molecule has 3 aromatic carbocycles. The summed E-state index contributed by atoms with van der Waals surface area (Å²) in [5.74, 6) is -0.142. The van der Waals surface area contributed by atoms with Crippen molar-refractivity contribution in [1.82, 2.24) is 15.6 Å². The minimum Gasteiger partial charge on any atom is -0.506 e. The van der Waals surface area contributed by atoms with Gasteiger partial charge in [-0.15, -0.1) is 0 Å². The first kappa shape index (κ1) is 26.1. The van der Waals surface area contributed by atoms with Gasteiger partial charge in [0.25, 0.3) is 5.91 Å². The van der Waals surface area contributed by atoms with Crippen LogP contribution < -0.4 is 16.2 Å². The van der Waals surface area contributed by atoms with Gasteiger partial charge in [-0.05, 0) is 67.6 Å². The minimum absolute atomic E-state index is 0.0408. The lowest BCUT2D eigenvalue weighted by molar-refractivity contribution is 0.0954. The summed E-state index contributed by atoms with van der Waals surface area (Å²) in [6, 6.07) is 23.8. The van der Waals surface area contributed by atoms with Crippen LogP contribution in [0.1, 0.15) is 47.0 Å². The fourth-order valence-electron chi connectivity index (χ4n) is 4.49. The second kappa shape index (κ2) is 11.4. The summed E-state index contributed by atoms with van der Waals surface area (Å²) in [5.41, 5.74) is 3.04. The first-order chi connectivity index (χ1) is 17.7. The van der Waals surface area contributed by atoms with Crippen molar-refractivity contribution < 1.29 is 15.0 Å². The van der Waals surface area contributed by atoms with E-state index in [1.807, 2.05) is 68.4 Å². The third-order valence-electron chi connectivity index (χ3n) is 6.42. The molecule has 4 rings (SSSR count). The summed E-state index contributed by atoms with van der Waals surface area (Å²) in [5, 5.41) is 28.0. The first-order valence-electron chi connectivity index (χ1n) is 12.4. The molecule has 5 N–H and O–H groups in total. The van der Waals surface area contributed by atoms with Gasteiger partial charge in [-0.2, -0.15) is 0 Å². The van der Waals surface area contributed by atoms with Crippen LogP contribution in [0.5, 0.6) is 5.75 Å². The monoisotopic (exact) mass is 499 g/mol. The van der Waals surface area contributed by atoms with E-state index in [1.165, 1.54) is 17.7 Å². The van der Waals surface area contributed by atoms with Gasteiger partial charge in [0.2, 0.25) is 5.56 Å². The molecule has 0 unspecified atom stereocenters. The molecule has 7 heteroatoms. The maximum absolute atomic E-state index is 12.7. The molecule has 0 radical (unpaired) electrons. The Labute approximate surface area is 216 Å². The zero-order chi connectivity index (χ0) is 26.4. The Bertz CT molecular complexity index is 1430. The third kappa shape index (κ3) is 6.84. The average molecular weight is 500 g/mol. The first-order valence-corrected chi connectivity index (χ1v) is 12.4. The van der Waals surface area contributed by atoms with Crippen LogP contribution in [0.4, 0.5) is 0 Å². The number of aliphatic hydroxyl groups excluding tert-OH is 1. The molecule has 0 aliphatic carbocycles. The standard InChI is InChI=1S/C30H33N3O4/c1-30(2,32-19-26(35)23-11-13-25(34)28-24(23)12-14-27(36)33-28)18-21-9-6-10-22(17-21)29(37)31-16-15-20-7-4-3-5-8-20/h3-14,17,26,32,34-35H,15-16,18-19H2,1-2H3,(H,31,37)(H,33,36)/t26-/m1/s1. The highest BCUT2D eigenvalue weighted by Crippen LogP contribution is 2.29. The Morgan fingerprint density at radius 3 is 2.51 bits per heavy atom. The average Bonchev–Trinajstić information content (AvgIpc) is 2.88. The number of aromatic amines is 1. The van der Waals surface area contributed by atoms with E-state index in [9.17, 15) is 19.8 Å². The van der Waals surface area contributed by atoms with Gasteiger partial charge in [-0.25, -0.2) is 0 Å². The molecule has 0 bridgehead atoms. The molecule has 0 saturated heterocycles. The maximum Gasteiger partial charge on any atom is 0.251 e. The number of aromatic hydroxyl groups is 1. The van der Waals surface area contributed by atoms with E-state index in [0.717, 1.165) is 12.0 Å². The Morgan fingerprint density at radius 1 is 0.973 bits per heavy atom. The van der Waals surface area contributed by atoms with Crippen LogP contribution in [-0.4, -0.2) is 39.7 Å². The van der Waals surface area contributed by atoms with E-state index < -0.39 is 6.10 Å². The van der Waals surface area contributed by atoms with Crippen LogP contribution in [-0.2, 0) is 12.8 Å². The van der Waals surface area contributed by atoms with Gasteiger partial charge in [0.1, 0.15) is 5.75 Å². The summed E-state index contributed by atoms with van der Waals surface area (Å²) >= 11 is 0. The fraction of sp³-hybridized carbons (Fsp3) is 0.267. The van der Waals surface area contributed by atoms with Crippen molar-refractivity contribution in [2.45, 2.75) is 38.3 Å². The summed E-state index contributed by atoms with van der Waals surface area (Å²) in [4.78, 5) is 27.0. The number of β-amino-alcohol motifs (C(OH)–C–C–N with tert-alkyl or cyclic N) is 1. The molecule has 1 atom stereocenters. The number of rotatable bonds is 10. The predicted molar refractivity (Wildman–Crippen MR) is 146 cm³/mol. The molecule has 4 aromatic rings. The number of phenolic OH excluding ortho intramolecular Hbond substituents is 1. The Kier molecular flexibility index (Phi) is 8.06. The number of aromatic nitrogens is 1. The van der Waals surface area contributed by atoms with Gasteiger partial charge in [0.15, 0.2) is 0 Å². The van der Waals surface area contributed by atoms with Crippen molar-refractivity contribution in [2.24, 2.45) is 0 Å².